The Bertz CT molecular complexity index is 1520. The Morgan fingerprint density at radius 1 is 0.944 bits per heavy atom. The average Bonchev–Trinajstić information content (AvgIpc) is 3.32. The van der Waals surface area contributed by atoms with E-state index in [0.717, 1.165) is 27.7 Å². The van der Waals surface area contributed by atoms with E-state index < -0.39 is 12.2 Å². The van der Waals surface area contributed by atoms with E-state index in [1.807, 2.05) is 60.7 Å². The lowest BCUT2D eigenvalue weighted by Gasteiger charge is -2.20. The standard InChI is InChI=1S/C27H19Br2N3O4/c1-15(33)32-27(18-12-21(28)25(22(29)13-18)35-16(2)34)36-26(31-32)20-14-24(17-8-4-3-5-9-17)30-23-11-7-6-10-19(20)23/h3-14,27H,1-2H3. The van der Waals surface area contributed by atoms with Crippen molar-refractivity contribution in [1.82, 2.24) is 9.99 Å². The second-order valence-corrected chi connectivity index (χ2v) is 9.79. The molecule has 1 atom stereocenters. The monoisotopic (exact) mass is 607 g/mol. The topological polar surface area (TPSA) is 81.1 Å². The average molecular weight is 609 g/mol. The number of carbonyl (C=O) groups excluding carboxylic acids is 2. The molecule has 0 bridgehead atoms. The van der Waals surface area contributed by atoms with Crippen LogP contribution >= 0.6 is 31.9 Å². The Labute approximate surface area is 224 Å². The summed E-state index contributed by atoms with van der Waals surface area (Å²) in [6.45, 7) is 2.76. The summed E-state index contributed by atoms with van der Waals surface area (Å²) in [6, 6.07) is 23.0. The molecule has 0 fully saturated rings. The van der Waals surface area contributed by atoms with Gasteiger partial charge >= 0.3 is 5.97 Å². The minimum Gasteiger partial charge on any atom is -0.446 e. The van der Waals surface area contributed by atoms with Crippen LogP contribution in [0.15, 0.2) is 86.8 Å². The molecule has 0 N–H and O–H groups in total. The molecule has 7 nitrogen and oxygen atoms in total. The van der Waals surface area contributed by atoms with Crippen molar-refractivity contribution in [2.45, 2.75) is 20.1 Å². The first-order chi connectivity index (χ1) is 17.3. The van der Waals surface area contributed by atoms with Crippen molar-refractivity contribution in [3.63, 3.8) is 0 Å². The van der Waals surface area contributed by atoms with Crippen LogP contribution in [-0.2, 0) is 14.3 Å². The predicted octanol–water partition coefficient (Wildman–Crippen LogP) is 6.59. The molecule has 0 saturated heterocycles. The number of halogens is 2. The van der Waals surface area contributed by atoms with Gasteiger partial charge in [0.05, 0.1) is 20.2 Å². The summed E-state index contributed by atoms with van der Waals surface area (Å²) in [4.78, 5) is 28.9. The number of benzene rings is 3. The van der Waals surface area contributed by atoms with Gasteiger partial charge < -0.3 is 9.47 Å². The van der Waals surface area contributed by atoms with Gasteiger partial charge in [0.2, 0.25) is 18.0 Å². The normalized spacial score (nSPS) is 14.9. The second-order valence-electron chi connectivity index (χ2n) is 8.08. The van der Waals surface area contributed by atoms with E-state index in [1.165, 1.54) is 18.9 Å². The fourth-order valence-corrected chi connectivity index (χ4v) is 5.35. The largest absolute Gasteiger partial charge is 0.446 e. The molecule has 36 heavy (non-hydrogen) atoms. The van der Waals surface area contributed by atoms with Gasteiger partial charge in [-0.2, -0.15) is 5.01 Å². The maximum Gasteiger partial charge on any atom is 0.308 e. The number of amides is 1. The summed E-state index contributed by atoms with van der Waals surface area (Å²) in [5, 5.41) is 6.72. The number of hydrogen-bond acceptors (Lipinski definition) is 6. The van der Waals surface area contributed by atoms with Crippen LogP contribution in [0.25, 0.3) is 22.2 Å². The maximum atomic E-state index is 12.6. The third kappa shape index (κ3) is 4.64. The summed E-state index contributed by atoms with van der Waals surface area (Å²) in [5.74, 6) is -0.0846. The molecule has 1 aromatic heterocycles. The van der Waals surface area contributed by atoms with E-state index in [9.17, 15) is 9.59 Å². The Morgan fingerprint density at radius 3 is 2.28 bits per heavy atom. The van der Waals surface area contributed by atoms with Crippen LogP contribution in [-0.4, -0.2) is 27.8 Å². The Balaban J connectivity index is 1.60. The number of carbonyl (C=O) groups is 2. The predicted molar refractivity (Wildman–Crippen MR) is 143 cm³/mol. The minimum atomic E-state index is -0.816. The molecule has 0 spiro atoms. The van der Waals surface area contributed by atoms with Crippen molar-refractivity contribution in [1.29, 1.82) is 0 Å². The number of fused-ring (bicyclic) bond motifs is 1. The van der Waals surface area contributed by atoms with E-state index in [-0.39, 0.29) is 5.91 Å². The van der Waals surface area contributed by atoms with Crippen molar-refractivity contribution < 1.29 is 19.1 Å². The molecule has 5 rings (SSSR count). The van der Waals surface area contributed by atoms with Gasteiger partial charge in [0.15, 0.2) is 5.75 Å². The first-order valence-corrected chi connectivity index (χ1v) is 12.6. The summed E-state index contributed by atoms with van der Waals surface area (Å²) in [7, 11) is 0. The van der Waals surface area contributed by atoms with E-state index >= 15 is 0 Å². The fourth-order valence-electron chi connectivity index (χ4n) is 3.96. The molecule has 0 radical (unpaired) electrons. The first-order valence-electron chi connectivity index (χ1n) is 11.0. The lowest BCUT2D eigenvalue weighted by Crippen LogP contribution is -2.25. The number of hydrogen-bond donors (Lipinski definition) is 0. The highest BCUT2D eigenvalue weighted by Gasteiger charge is 2.35. The van der Waals surface area contributed by atoms with Crippen molar-refractivity contribution in [2.24, 2.45) is 5.10 Å². The Hall–Kier alpha value is -3.56. The Morgan fingerprint density at radius 2 is 1.61 bits per heavy atom. The minimum absolute atomic E-state index is 0.284. The third-order valence-corrected chi connectivity index (χ3v) is 6.71. The molecule has 180 valence electrons. The lowest BCUT2D eigenvalue weighted by atomic mass is 10.0. The molecule has 1 aliphatic rings. The number of aromatic nitrogens is 1. The lowest BCUT2D eigenvalue weighted by molar-refractivity contribution is -0.135. The van der Waals surface area contributed by atoms with Gasteiger partial charge in [0.25, 0.3) is 0 Å². The van der Waals surface area contributed by atoms with Crippen molar-refractivity contribution >= 4 is 60.5 Å². The van der Waals surface area contributed by atoms with Crippen LogP contribution in [0, 0.1) is 0 Å². The van der Waals surface area contributed by atoms with Crippen LogP contribution in [0.1, 0.15) is 31.2 Å². The molecule has 1 unspecified atom stereocenters. The molecule has 1 aliphatic heterocycles. The Kier molecular flexibility index (Phi) is 6.59. The molecular formula is C27H19Br2N3O4. The van der Waals surface area contributed by atoms with Gasteiger partial charge in [-0.05, 0) is 56.1 Å². The molecule has 4 aromatic rings. The van der Waals surface area contributed by atoms with Gasteiger partial charge in [-0.3, -0.25) is 9.59 Å². The molecule has 3 aromatic carbocycles. The zero-order valence-electron chi connectivity index (χ0n) is 19.2. The number of pyridine rings is 1. The SMILES string of the molecule is CC(=O)Oc1c(Br)cc(C2OC(c3cc(-c4ccccc4)nc4ccccc34)=NN2C(C)=O)cc1Br. The number of rotatable bonds is 4. The first kappa shape index (κ1) is 24.1. The number of para-hydroxylation sites is 1. The zero-order chi connectivity index (χ0) is 25.4. The molecule has 1 amide bonds. The quantitative estimate of drug-likeness (QED) is 0.193. The van der Waals surface area contributed by atoms with Crippen LogP contribution in [0.4, 0.5) is 0 Å². The van der Waals surface area contributed by atoms with Crippen LogP contribution in [0.2, 0.25) is 0 Å². The number of ether oxygens (including phenoxy) is 2. The van der Waals surface area contributed by atoms with E-state index in [0.29, 0.717) is 26.2 Å². The van der Waals surface area contributed by atoms with Crippen LogP contribution < -0.4 is 4.74 Å². The summed E-state index contributed by atoms with van der Waals surface area (Å²) >= 11 is 6.89. The number of esters is 1. The summed E-state index contributed by atoms with van der Waals surface area (Å²) < 4.78 is 12.6. The molecular weight excluding hydrogens is 590 g/mol. The third-order valence-electron chi connectivity index (χ3n) is 5.53. The second kappa shape index (κ2) is 9.83. The van der Waals surface area contributed by atoms with Crippen molar-refractivity contribution in [3.05, 3.63) is 92.9 Å². The molecule has 0 aliphatic carbocycles. The van der Waals surface area contributed by atoms with Crippen LogP contribution in [0.5, 0.6) is 5.75 Å². The van der Waals surface area contributed by atoms with Gasteiger partial charge in [-0.1, -0.05) is 48.5 Å². The highest BCUT2D eigenvalue weighted by Crippen LogP contribution is 2.40. The summed E-state index contributed by atoms with van der Waals surface area (Å²) in [5.41, 5.74) is 3.87. The fraction of sp³-hybridized carbons (Fsp3) is 0.111. The highest BCUT2D eigenvalue weighted by atomic mass is 79.9. The number of hydrazone groups is 1. The van der Waals surface area contributed by atoms with Crippen molar-refractivity contribution in [2.75, 3.05) is 0 Å². The van der Waals surface area contributed by atoms with Gasteiger partial charge in [-0.25, -0.2) is 4.98 Å². The molecule has 9 heteroatoms. The number of nitrogens with zero attached hydrogens (tertiary/aromatic N) is 3. The molecule has 2 heterocycles. The van der Waals surface area contributed by atoms with Gasteiger partial charge in [-0.15, -0.1) is 5.10 Å². The van der Waals surface area contributed by atoms with E-state index in [4.69, 9.17) is 14.5 Å². The van der Waals surface area contributed by atoms with Crippen molar-refractivity contribution in [3.8, 4) is 17.0 Å². The summed E-state index contributed by atoms with van der Waals surface area (Å²) in [6.07, 6.45) is -0.816. The maximum absolute atomic E-state index is 12.6. The van der Waals surface area contributed by atoms with Crippen LogP contribution in [0.3, 0.4) is 0 Å². The highest BCUT2D eigenvalue weighted by molar-refractivity contribution is 9.11. The molecule has 0 saturated carbocycles. The van der Waals surface area contributed by atoms with E-state index in [1.54, 1.807) is 12.1 Å². The van der Waals surface area contributed by atoms with Gasteiger partial charge in [0, 0.05) is 35.9 Å². The van der Waals surface area contributed by atoms with E-state index in [2.05, 4.69) is 37.0 Å². The smallest absolute Gasteiger partial charge is 0.308 e. The zero-order valence-corrected chi connectivity index (χ0v) is 22.4. The van der Waals surface area contributed by atoms with Gasteiger partial charge in [0.1, 0.15) is 0 Å².